The zero-order chi connectivity index (χ0) is 21.5. The Labute approximate surface area is 171 Å². The summed E-state index contributed by atoms with van der Waals surface area (Å²) < 4.78 is 76.3. The van der Waals surface area contributed by atoms with Crippen LogP contribution in [-0.2, 0) is 6.61 Å². The topological polar surface area (TPSA) is 18.5 Å². The minimum absolute atomic E-state index is 0.000436. The van der Waals surface area contributed by atoms with Crippen molar-refractivity contribution in [1.82, 2.24) is 0 Å². The highest BCUT2D eigenvalue weighted by atomic mass is 19.4. The standard InChI is InChI=1S/C23H21F5O2/c1-2-3-13-4-6-14(7-5-13)15-8-9-17-16-10-11-19(30-23(26,27)28)20(24)18(16)12-29-22(17)21(15)25/h6,8-11,13H,2-5,7,12H2,1H3. The molecule has 0 N–H and O–H groups in total. The molecule has 0 saturated carbocycles. The van der Waals surface area contributed by atoms with Crippen LogP contribution in [0.4, 0.5) is 22.0 Å². The van der Waals surface area contributed by atoms with Crippen molar-refractivity contribution in [2.45, 2.75) is 52.0 Å². The second-order valence-electron chi connectivity index (χ2n) is 7.70. The van der Waals surface area contributed by atoms with Gasteiger partial charge in [0, 0.05) is 16.7 Å². The number of alkyl halides is 3. The number of hydrogen-bond donors (Lipinski definition) is 0. The molecule has 2 aromatic carbocycles. The normalized spacial score (nSPS) is 18.2. The van der Waals surface area contributed by atoms with E-state index in [2.05, 4.69) is 17.7 Å². The molecule has 4 rings (SSSR count). The average Bonchev–Trinajstić information content (AvgIpc) is 2.70. The maximum Gasteiger partial charge on any atom is 0.573 e. The van der Waals surface area contributed by atoms with Crippen LogP contribution < -0.4 is 9.47 Å². The number of fused-ring (bicyclic) bond motifs is 3. The van der Waals surface area contributed by atoms with Gasteiger partial charge >= 0.3 is 6.36 Å². The Bertz CT molecular complexity index is 994. The third-order valence-corrected chi connectivity index (χ3v) is 5.74. The second kappa shape index (κ2) is 7.93. The van der Waals surface area contributed by atoms with E-state index in [1.807, 2.05) is 0 Å². The second-order valence-corrected chi connectivity index (χ2v) is 7.70. The van der Waals surface area contributed by atoms with Crippen molar-refractivity contribution in [2.24, 2.45) is 5.92 Å². The number of benzene rings is 2. The van der Waals surface area contributed by atoms with Crippen LogP contribution in [0.5, 0.6) is 11.5 Å². The summed E-state index contributed by atoms with van der Waals surface area (Å²) in [5.74, 6) is -1.98. The van der Waals surface area contributed by atoms with E-state index >= 15 is 4.39 Å². The first-order chi connectivity index (χ1) is 14.3. The van der Waals surface area contributed by atoms with Gasteiger partial charge in [0.2, 0.25) is 0 Å². The Hall–Kier alpha value is -2.57. The van der Waals surface area contributed by atoms with Crippen LogP contribution in [0.15, 0.2) is 30.3 Å². The summed E-state index contributed by atoms with van der Waals surface area (Å²) in [6.45, 7) is 1.78. The van der Waals surface area contributed by atoms with Crippen LogP contribution in [0.2, 0.25) is 0 Å². The molecular formula is C23H21F5O2. The lowest BCUT2D eigenvalue weighted by Gasteiger charge is -2.26. The molecule has 0 amide bonds. The third-order valence-electron chi connectivity index (χ3n) is 5.74. The van der Waals surface area contributed by atoms with E-state index in [-0.39, 0.29) is 17.9 Å². The van der Waals surface area contributed by atoms with Crippen molar-refractivity contribution >= 4 is 5.57 Å². The third kappa shape index (κ3) is 3.89. The molecule has 2 aliphatic rings. The molecule has 30 heavy (non-hydrogen) atoms. The molecule has 1 unspecified atom stereocenters. The lowest BCUT2D eigenvalue weighted by molar-refractivity contribution is -0.275. The summed E-state index contributed by atoms with van der Waals surface area (Å²) in [4.78, 5) is 0. The van der Waals surface area contributed by atoms with E-state index in [0.29, 0.717) is 22.6 Å². The van der Waals surface area contributed by atoms with Crippen LogP contribution in [0, 0.1) is 17.6 Å². The molecule has 0 aromatic heterocycles. The first-order valence-corrected chi connectivity index (χ1v) is 10.0. The molecule has 160 valence electrons. The van der Waals surface area contributed by atoms with Gasteiger partial charge < -0.3 is 9.47 Å². The highest BCUT2D eigenvalue weighted by molar-refractivity contribution is 5.80. The molecule has 2 aromatic rings. The molecule has 1 heterocycles. The fraction of sp³-hybridized carbons (Fsp3) is 0.391. The van der Waals surface area contributed by atoms with Crippen LogP contribution in [0.3, 0.4) is 0 Å². The molecule has 2 nitrogen and oxygen atoms in total. The van der Waals surface area contributed by atoms with Crippen molar-refractivity contribution in [3.8, 4) is 22.6 Å². The monoisotopic (exact) mass is 424 g/mol. The zero-order valence-corrected chi connectivity index (χ0v) is 16.4. The maximum absolute atomic E-state index is 15.2. The van der Waals surface area contributed by atoms with Gasteiger partial charge in [0.15, 0.2) is 23.1 Å². The minimum Gasteiger partial charge on any atom is -0.485 e. The van der Waals surface area contributed by atoms with Crippen molar-refractivity contribution in [3.05, 3.63) is 53.1 Å². The molecule has 0 fully saturated rings. The average molecular weight is 424 g/mol. The molecule has 0 radical (unpaired) electrons. The Kier molecular flexibility index (Phi) is 5.47. The summed E-state index contributed by atoms with van der Waals surface area (Å²) >= 11 is 0. The first kappa shape index (κ1) is 20.7. The largest absolute Gasteiger partial charge is 0.573 e. The van der Waals surface area contributed by atoms with Gasteiger partial charge in [0.05, 0.1) is 0 Å². The molecule has 0 saturated heterocycles. The van der Waals surface area contributed by atoms with Crippen LogP contribution in [0.25, 0.3) is 16.7 Å². The lowest BCUT2D eigenvalue weighted by Crippen LogP contribution is -2.19. The summed E-state index contributed by atoms with van der Waals surface area (Å²) in [6, 6.07) is 5.47. The Morgan fingerprint density at radius 1 is 1.03 bits per heavy atom. The zero-order valence-electron chi connectivity index (χ0n) is 16.4. The van der Waals surface area contributed by atoms with Gasteiger partial charge in [-0.2, -0.15) is 0 Å². The van der Waals surface area contributed by atoms with Gasteiger partial charge in [-0.05, 0) is 54.5 Å². The minimum atomic E-state index is -5.01. The van der Waals surface area contributed by atoms with E-state index < -0.39 is 23.7 Å². The van der Waals surface area contributed by atoms with Gasteiger partial charge in [-0.15, -0.1) is 13.2 Å². The number of hydrogen-bond acceptors (Lipinski definition) is 2. The van der Waals surface area contributed by atoms with Crippen LogP contribution in [0.1, 0.15) is 50.2 Å². The molecule has 0 bridgehead atoms. The predicted octanol–water partition coefficient (Wildman–Crippen LogP) is 7.41. The van der Waals surface area contributed by atoms with Gasteiger partial charge in [-0.25, -0.2) is 8.78 Å². The van der Waals surface area contributed by atoms with E-state index in [1.54, 1.807) is 12.1 Å². The summed E-state index contributed by atoms with van der Waals surface area (Å²) in [5, 5.41) is 0. The molecule has 1 atom stereocenters. The molecular weight excluding hydrogens is 403 g/mol. The lowest BCUT2D eigenvalue weighted by atomic mass is 9.83. The fourth-order valence-corrected chi connectivity index (χ4v) is 4.30. The SMILES string of the molecule is CCCC1CC=C(c2ccc3c(c2F)OCc2c-3ccc(OC(F)(F)F)c2F)CC1. The van der Waals surface area contributed by atoms with Gasteiger partial charge in [0.25, 0.3) is 0 Å². The highest BCUT2D eigenvalue weighted by Crippen LogP contribution is 2.45. The van der Waals surface area contributed by atoms with Crippen molar-refractivity contribution < 1.29 is 31.4 Å². The number of rotatable bonds is 4. The molecule has 1 aliphatic heterocycles. The quantitative estimate of drug-likeness (QED) is 0.476. The summed E-state index contributed by atoms with van der Waals surface area (Å²) in [7, 11) is 0. The van der Waals surface area contributed by atoms with E-state index in [0.717, 1.165) is 43.7 Å². The predicted molar refractivity (Wildman–Crippen MR) is 103 cm³/mol. The molecule has 7 heteroatoms. The first-order valence-electron chi connectivity index (χ1n) is 10.0. The van der Waals surface area contributed by atoms with Gasteiger partial charge in [-0.1, -0.05) is 31.9 Å². The number of ether oxygens (including phenoxy) is 2. The van der Waals surface area contributed by atoms with Crippen molar-refractivity contribution in [2.75, 3.05) is 0 Å². The number of halogens is 5. The molecule has 1 aliphatic carbocycles. The van der Waals surface area contributed by atoms with Crippen LogP contribution >= 0.6 is 0 Å². The summed E-state index contributed by atoms with van der Waals surface area (Å²) in [6.07, 6.45) is 2.05. The Morgan fingerprint density at radius 3 is 2.43 bits per heavy atom. The fourth-order valence-electron chi connectivity index (χ4n) is 4.30. The van der Waals surface area contributed by atoms with Crippen LogP contribution in [-0.4, -0.2) is 6.36 Å². The smallest absolute Gasteiger partial charge is 0.485 e. The summed E-state index contributed by atoms with van der Waals surface area (Å²) in [5.41, 5.74) is 1.92. The van der Waals surface area contributed by atoms with Gasteiger partial charge in [-0.3, -0.25) is 0 Å². The van der Waals surface area contributed by atoms with Crippen molar-refractivity contribution in [1.29, 1.82) is 0 Å². The van der Waals surface area contributed by atoms with E-state index in [9.17, 15) is 17.6 Å². The van der Waals surface area contributed by atoms with Gasteiger partial charge in [0.1, 0.15) is 6.61 Å². The number of allylic oxidation sites excluding steroid dienone is 2. The van der Waals surface area contributed by atoms with E-state index in [4.69, 9.17) is 4.74 Å². The van der Waals surface area contributed by atoms with E-state index in [1.165, 1.54) is 6.07 Å². The Morgan fingerprint density at radius 2 is 1.77 bits per heavy atom. The Balaban J connectivity index is 1.67. The highest BCUT2D eigenvalue weighted by Gasteiger charge is 2.34. The van der Waals surface area contributed by atoms with Crippen molar-refractivity contribution in [3.63, 3.8) is 0 Å². The molecule has 0 spiro atoms. The maximum atomic E-state index is 15.2.